The van der Waals surface area contributed by atoms with Crippen LogP contribution in [0.3, 0.4) is 0 Å². The van der Waals surface area contributed by atoms with Crippen LogP contribution < -0.4 is 4.74 Å². The Morgan fingerprint density at radius 2 is 2.24 bits per heavy atom. The zero-order valence-electron chi connectivity index (χ0n) is 10.4. The number of benzene rings is 1. The molecule has 0 spiro atoms. The number of halogens is 1. The lowest BCUT2D eigenvalue weighted by Crippen LogP contribution is -2.18. The summed E-state index contributed by atoms with van der Waals surface area (Å²) in [5.41, 5.74) is 1.08. The molecule has 1 fully saturated rings. The van der Waals surface area contributed by atoms with Crippen LogP contribution in [0.2, 0.25) is 5.02 Å². The zero-order valence-corrected chi connectivity index (χ0v) is 11.2. The van der Waals surface area contributed by atoms with Gasteiger partial charge in [-0.05, 0) is 30.0 Å². The molecule has 1 unspecified atom stereocenters. The van der Waals surface area contributed by atoms with Gasteiger partial charge in [0.05, 0.1) is 24.3 Å². The van der Waals surface area contributed by atoms with E-state index in [1.165, 1.54) is 0 Å². The van der Waals surface area contributed by atoms with E-state index in [9.17, 15) is 0 Å². The van der Waals surface area contributed by atoms with E-state index in [0.717, 1.165) is 42.4 Å². The van der Waals surface area contributed by atoms with Crippen LogP contribution in [0.1, 0.15) is 38.4 Å². The van der Waals surface area contributed by atoms with E-state index in [-0.39, 0.29) is 6.10 Å². The molecule has 94 valence electrons. The molecule has 1 aromatic rings. The van der Waals surface area contributed by atoms with Crippen molar-refractivity contribution in [2.75, 3.05) is 13.2 Å². The Morgan fingerprint density at radius 3 is 2.76 bits per heavy atom. The molecule has 1 heterocycles. The predicted molar refractivity (Wildman–Crippen MR) is 69.7 cm³/mol. The Morgan fingerprint density at radius 1 is 1.47 bits per heavy atom. The van der Waals surface area contributed by atoms with Crippen LogP contribution >= 0.6 is 11.6 Å². The number of ether oxygens (including phenoxy) is 2. The maximum Gasteiger partial charge on any atom is 0.120 e. The van der Waals surface area contributed by atoms with Crippen LogP contribution in [0.15, 0.2) is 18.2 Å². The van der Waals surface area contributed by atoms with Gasteiger partial charge in [-0.15, -0.1) is 0 Å². The fraction of sp³-hybridized carbons (Fsp3) is 0.571. The van der Waals surface area contributed by atoms with Gasteiger partial charge >= 0.3 is 0 Å². The Kier molecular flexibility index (Phi) is 4.30. The largest absolute Gasteiger partial charge is 0.494 e. The quantitative estimate of drug-likeness (QED) is 0.783. The van der Waals surface area contributed by atoms with E-state index in [1.807, 2.05) is 18.2 Å². The minimum atomic E-state index is 0.187. The summed E-state index contributed by atoms with van der Waals surface area (Å²) >= 11 is 6.22. The lowest BCUT2D eigenvalue weighted by molar-refractivity contribution is -0.0526. The Balaban J connectivity index is 1.93. The van der Waals surface area contributed by atoms with E-state index >= 15 is 0 Å². The minimum absolute atomic E-state index is 0.187. The summed E-state index contributed by atoms with van der Waals surface area (Å²) < 4.78 is 11.1. The number of hydrogen-bond acceptors (Lipinski definition) is 2. The highest BCUT2D eigenvalue weighted by Crippen LogP contribution is 2.35. The molecule has 2 rings (SSSR count). The highest BCUT2D eigenvalue weighted by Gasteiger charge is 2.22. The fourth-order valence-electron chi connectivity index (χ4n) is 1.75. The highest BCUT2D eigenvalue weighted by atomic mass is 35.5. The summed E-state index contributed by atoms with van der Waals surface area (Å²) in [6.07, 6.45) is 2.31. The molecule has 1 atom stereocenters. The summed E-state index contributed by atoms with van der Waals surface area (Å²) in [5, 5.41) is 0.747. The second kappa shape index (κ2) is 5.74. The molecule has 0 saturated carbocycles. The van der Waals surface area contributed by atoms with E-state index in [4.69, 9.17) is 21.1 Å². The number of rotatable bonds is 5. The third kappa shape index (κ3) is 3.36. The van der Waals surface area contributed by atoms with Gasteiger partial charge in [-0.2, -0.15) is 0 Å². The van der Waals surface area contributed by atoms with Crippen LogP contribution in [0.5, 0.6) is 5.75 Å². The van der Waals surface area contributed by atoms with E-state index in [2.05, 4.69) is 13.8 Å². The van der Waals surface area contributed by atoms with Crippen LogP contribution in [0.25, 0.3) is 0 Å². The Bertz CT molecular complexity index is 372. The van der Waals surface area contributed by atoms with Gasteiger partial charge in [0.15, 0.2) is 0 Å². The van der Waals surface area contributed by atoms with Gasteiger partial charge in [0.1, 0.15) is 5.75 Å². The Hall–Kier alpha value is -0.730. The third-order valence-corrected chi connectivity index (χ3v) is 3.31. The molecular weight excluding hydrogens is 236 g/mol. The van der Waals surface area contributed by atoms with Gasteiger partial charge in [0, 0.05) is 6.42 Å². The third-order valence-electron chi connectivity index (χ3n) is 2.98. The van der Waals surface area contributed by atoms with Gasteiger partial charge < -0.3 is 9.47 Å². The molecule has 0 amide bonds. The summed E-state index contributed by atoms with van der Waals surface area (Å²) in [7, 11) is 0. The van der Waals surface area contributed by atoms with Crippen molar-refractivity contribution in [2.45, 2.75) is 32.8 Å². The molecule has 0 aromatic heterocycles. The average Bonchev–Trinajstić information content (AvgIpc) is 2.18. The summed E-state index contributed by atoms with van der Waals surface area (Å²) in [6.45, 7) is 5.96. The first-order valence-corrected chi connectivity index (χ1v) is 6.58. The average molecular weight is 255 g/mol. The Labute approximate surface area is 108 Å². The fourth-order valence-corrected chi connectivity index (χ4v) is 2.04. The van der Waals surface area contributed by atoms with Crippen LogP contribution in [0.4, 0.5) is 0 Å². The molecule has 0 aliphatic carbocycles. The summed E-state index contributed by atoms with van der Waals surface area (Å²) in [4.78, 5) is 0. The van der Waals surface area contributed by atoms with Crippen molar-refractivity contribution < 1.29 is 9.47 Å². The number of hydrogen-bond donors (Lipinski definition) is 0. The minimum Gasteiger partial charge on any atom is -0.494 e. The van der Waals surface area contributed by atoms with E-state index < -0.39 is 0 Å². The molecule has 2 nitrogen and oxygen atoms in total. The predicted octanol–water partition coefficient (Wildman–Crippen LogP) is 4.23. The normalized spacial score (nSPS) is 19.2. The molecule has 17 heavy (non-hydrogen) atoms. The molecule has 0 N–H and O–H groups in total. The maximum absolute atomic E-state index is 6.22. The monoisotopic (exact) mass is 254 g/mol. The second-order valence-electron chi connectivity index (χ2n) is 4.86. The first kappa shape index (κ1) is 12.7. The smallest absolute Gasteiger partial charge is 0.120 e. The van der Waals surface area contributed by atoms with E-state index in [1.54, 1.807) is 0 Å². The molecule has 0 bridgehead atoms. The van der Waals surface area contributed by atoms with Gasteiger partial charge in [-0.1, -0.05) is 31.5 Å². The molecule has 1 aliphatic heterocycles. The van der Waals surface area contributed by atoms with Crippen molar-refractivity contribution in [3.05, 3.63) is 28.8 Å². The zero-order chi connectivity index (χ0) is 12.3. The van der Waals surface area contributed by atoms with Gasteiger partial charge in [-0.3, -0.25) is 0 Å². The van der Waals surface area contributed by atoms with Crippen molar-refractivity contribution in [1.82, 2.24) is 0 Å². The first-order chi connectivity index (χ1) is 8.16. The van der Waals surface area contributed by atoms with Crippen LogP contribution in [-0.4, -0.2) is 13.2 Å². The van der Waals surface area contributed by atoms with Crippen LogP contribution in [0, 0.1) is 5.92 Å². The molecule has 3 heteroatoms. The van der Waals surface area contributed by atoms with Crippen molar-refractivity contribution in [2.24, 2.45) is 5.92 Å². The molecule has 1 aliphatic rings. The van der Waals surface area contributed by atoms with Gasteiger partial charge in [0.2, 0.25) is 0 Å². The van der Waals surface area contributed by atoms with Crippen molar-refractivity contribution in [3.8, 4) is 5.75 Å². The molecule has 0 radical (unpaired) electrons. The SMILES string of the molecule is CC(C)CCOc1ccc(C2CCO2)c(Cl)c1. The second-order valence-corrected chi connectivity index (χ2v) is 5.27. The summed E-state index contributed by atoms with van der Waals surface area (Å²) in [5.74, 6) is 1.51. The van der Waals surface area contributed by atoms with Crippen molar-refractivity contribution >= 4 is 11.6 Å². The van der Waals surface area contributed by atoms with E-state index in [0.29, 0.717) is 5.92 Å². The topological polar surface area (TPSA) is 18.5 Å². The van der Waals surface area contributed by atoms with Gasteiger partial charge in [-0.25, -0.2) is 0 Å². The van der Waals surface area contributed by atoms with Gasteiger partial charge in [0.25, 0.3) is 0 Å². The van der Waals surface area contributed by atoms with Crippen molar-refractivity contribution in [3.63, 3.8) is 0 Å². The van der Waals surface area contributed by atoms with Crippen LogP contribution in [-0.2, 0) is 4.74 Å². The lowest BCUT2D eigenvalue weighted by atomic mass is 10.0. The highest BCUT2D eigenvalue weighted by molar-refractivity contribution is 6.31. The van der Waals surface area contributed by atoms with Crippen molar-refractivity contribution in [1.29, 1.82) is 0 Å². The molecule has 1 saturated heterocycles. The lowest BCUT2D eigenvalue weighted by Gasteiger charge is -2.27. The molecule has 1 aromatic carbocycles. The standard InChI is InChI=1S/C14H19ClO2/c1-10(2)5-7-16-11-3-4-12(13(15)9-11)14-6-8-17-14/h3-4,9-10,14H,5-8H2,1-2H3. The first-order valence-electron chi connectivity index (χ1n) is 6.20. The molecular formula is C14H19ClO2. The summed E-state index contributed by atoms with van der Waals surface area (Å²) in [6, 6.07) is 5.87. The maximum atomic E-state index is 6.22.